The van der Waals surface area contributed by atoms with Gasteiger partial charge in [0.05, 0.1) is 6.10 Å². The molecule has 1 N–H and O–H groups in total. The molecule has 0 aliphatic carbocycles. The summed E-state index contributed by atoms with van der Waals surface area (Å²) in [5.74, 6) is 1.15. The average Bonchev–Trinajstić information content (AvgIpc) is 3.16. The molecule has 3 rings (SSSR count). The Labute approximate surface area is 140 Å². The predicted molar refractivity (Wildman–Crippen MR) is 88.4 cm³/mol. The number of hydrogen-bond donors (Lipinski definition) is 1. The SMILES string of the molecule is C[C@H](Oc1ccc(-c2nnco2)cc1)C(O)CCc1cccnc1. The lowest BCUT2D eigenvalue weighted by molar-refractivity contribution is 0.0420. The van der Waals surface area contributed by atoms with E-state index in [1.807, 2.05) is 49.5 Å². The molecule has 0 aliphatic heterocycles. The van der Waals surface area contributed by atoms with Crippen LogP contribution in [0.4, 0.5) is 0 Å². The maximum absolute atomic E-state index is 10.3. The molecule has 124 valence electrons. The summed E-state index contributed by atoms with van der Waals surface area (Å²) in [5, 5.41) is 17.8. The van der Waals surface area contributed by atoms with Gasteiger partial charge in [-0.05, 0) is 55.7 Å². The lowest BCUT2D eigenvalue weighted by atomic mass is 10.1. The van der Waals surface area contributed by atoms with Gasteiger partial charge in [0.25, 0.3) is 0 Å². The topological polar surface area (TPSA) is 81.3 Å². The second-order valence-corrected chi connectivity index (χ2v) is 5.56. The molecule has 0 fully saturated rings. The minimum atomic E-state index is -0.555. The number of benzene rings is 1. The molecule has 0 aliphatic rings. The molecule has 0 amide bonds. The summed E-state index contributed by atoms with van der Waals surface area (Å²) in [6, 6.07) is 11.2. The largest absolute Gasteiger partial charge is 0.488 e. The summed E-state index contributed by atoms with van der Waals surface area (Å²) < 4.78 is 10.9. The Morgan fingerprint density at radius 1 is 1.21 bits per heavy atom. The van der Waals surface area contributed by atoms with Gasteiger partial charge in [0, 0.05) is 18.0 Å². The van der Waals surface area contributed by atoms with Crippen LogP contribution in [0.25, 0.3) is 11.5 Å². The van der Waals surface area contributed by atoms with Crippen LogP contribution in [0.1, 0.15) is 18.9 Å². The van der Waals surface area contributed by atoms with Crippen molar-refractivity contribution in [1.29, 1.82) is 0 Å². The third kappa shape index (κ3) is 4.17. The van der Waals surface area contributed by atoms with Gasteiger partial charge in [-0.2, -0.15) is 0 Å². The number of hydrogen-bond acceptors (Lipinski definition) is 6. The fraction of sp³-hybridized carbons (Fsp3) is 0.278. The second kappa shape index (κ2) is 7.70. The van der Waals surface area contributed by atoms with E-state index in [1.54, 1.807) is 6.20 Å². The van der Waals surface area contributed by atoms with Gasteiger partial charge in [0.15, 0.2) is 0 Å². The smallest absolute Gasteiger partial charge is 0.247 e. The van der Waals surface area contributed by atoms with E-state index >= 15 is 0 Å². The van der Waals surface area contributed by atoms with Crippen LogP contribution < -0.4 is 4.74 Å². The minimum absolute atomic E-state index is 0.309. The molecule has 1 unspecified atom stereocenters. The monoisotopic (exact) mass is 325 g/mol. The van der Waals surface area contributed by atoms with Crippen LogP contribution in [0.2, 0.25) is 0 Å². The van der Waals surface area contributed by atoms with Crippen LogP contribution in [0, 0.1) is 0 Å². The van der Waals surface area contributed by atoms with Gasteiger partial charge in [-0.25, -0.2) is 0 Å². The van der Waals surface area contributed by atoms with Gasteiger partial charge in [0.2, 0.25) is 12.3 Å². The molecule has 1 aromatic carbocycles. The quantitative estimate of drug-likeness (QED) is 0.719. The highest BCUT2D eigenvalue weighted by atomic mass is 16.5. The van der Waals surface area contributed by atoms with Crippen molar-refractivity contribution in [2.45, 2.75) is 32.0 Å². The molecule has 6 heteroatoms. The van der Waals surface area contributed by atoms with Gasteiger partial charge in [-0.15, -0.1) is 10.2 Å². The lowest BCUT2D eigenvalue weighted by Crippen LogP contribution is -2.29. The Morgan fingerprint density at radius 2 is 2.04 bits per heavy atom. The van der Waals surface area contributed by atoms with E-state index < -0.39 is 6.10 Å². The van der Waals surface area contributed by atoms with E-state index in [1.165, 1.54) is 6.39 Å². The van der Waals surface area contributed by atoms with Gasteiger partial charge in [0.1, 0.15) is 11.9 Å². The highest BCUT2D eigenvalue weighted by molar-refractivity contribution is 5.53. The molecule has 2 heterocycles. The summed E-state index contributed by atoms with van der Waals surface area (Å²) in [6.07, 6.45) is 5.36. The number of nitrogens with zero attached hydrogens (tertiary/aromatic N) is 3. The number of rotatable bonds is 7. The molecule has 0 spiro atoms. The zero-order valence-corrected chi connectivity index (χ0v) is 13.4. The first-order valence-electron chi connectivity index (χ1n) is 7.82. The Bertz CT molecular complexity index is 730. The van der Waals surface area contributed by atoms with Gasteiger partial charge >= 0.3 is 0 Å². The van der Waals surface area contributed by atoms with Crippen molar-refractivity contribution in [3.05, 3.63) is 60.7 Å². The minimum Gasteiger partial charge on any atom is -0.488 e. The van der Waals surface area contributed by atoms with E-state index in [-0.39, 0.29) is 6.10 Å². The van der Waals surface area contributed by atoms with Crippen LogP contribution in [-0.2, 0) is 6.42 Å². The van der Waals surface area contributed by atoms with E-state index in [0.29, 0.717) is 18.1 Å². The van der Waals surface area contributed by atoms with Crippen molar-refractivity contribution < 1.29 is 14.3 Å². The Balaban J connectivity index is 1.53. The standard InChI is InChI=1S/C18H19N3O3/c1-13(17(22)9-4-14-3-2-10-19-11-14)24-16-7-5-15(6-8-16)18-21-20-12-23-18/h2-3,5-8,10-13,17,22H,4,9H2,1H3/t13-,17?/m0/s1. The lowest BCUT2D eigenvalue weighted by Gasteiger charge is -2.20. The maximum atomic E-state index is 10.3. The number of aliphatic hydroxyl groups excluding tert-OH is 1. The summed E-state index contributed by atoms with van der Waals surface area (Å²) >= 11 is 0. The summed E-state index contributed by atoms with van der Waals surface area (Å²) in [6.45, 7) is 1.86. The average molecular weight is 325 g/mol. The van der Waals surface area contributed by atoms with Crippen molar-refractivity contribution in [3.63, 3.8) is 0 Å². The van der Waals surface area contributed by atoms with Crippen molar-refractivity contribution >= 4 is 0 Å². The number of aromatic nitrogens is 3. The van der Waals surface area contributed by atoms with E-state index in [4.69, 9.17) is 9.15 Å². The first-order chi connectivity index (χ1) is 11.7. The van der Waals surface area contributed by atoms with Crippen molar-refractivity contribution in [2.24, 2.45) is 0 Å². The fourth-order valence-corrected chi connectivity index (χ4v) is 2.36. The van der Waals surface area contributed by atoms with E-state index in [9.17, 15) is 5.11 Å². The van der Waals surface area contributed by atoms with E-state index in [0.717, 1.165) is 17.5 Å². The molecule has 2 atom stereocenters. The zero-order valence-electron chi connectivity index (χ0n) is 13.4. The van der Waals surface area contributed by atoms with Crippen LogP contribution in [-0.4, -0.2) is 32.5 Å². The predicted octanol–water partition coefficient (Wildman–Crippen LogP) is 2.89. The second-order valence-electron chi connectivity index (χ2n) is 5.56. The van der Waals surface area contributed by atoms with Gasteiger partial charge < -0.3 is 14.3 Å². The number of aryl methyl sites for hydroxylation is 1. The summed E-state index contributed by atoms with van der Waals surface area (Å²) in [4.78, 5) is 4.07. The third-order valence-corrected chi connectivity index (χ3v) is 3.78. The van der Waals surface area contributed by atoms with Crippen molar-refractivity contribution in [3.8, 4) is 17.2 Å². The number of pyridine rings is 1. The van der Waals surface area contributed by atoms with Crippen LogP contribution in [0.15, 0.2) is 59.6 Å². The molecular formula is C18H19N3O3. The Kier molecular flexibility index (Phi) is 5.18. The molecule has 0 saturated carbocycles. The third-order valence-electron chi connectivity index (χ3n) is 3.78. The fourth-order valence-electron chi connectivity index (χ4n) is 2.36. The molecule has 3 aromatic rings. The van der Waals surface area contributed by atoms with Gasteiger partial charge in [-0.3, -0.25) is 4.98 Å². The van der Waals surface area contributed by atoms with E-state index in [2.05, 4.69) is 15.2 Å². The Morgan fingerprint density at radius 3 is 2.71 bits per heavy atom. The van der Waals surface area contributed by atoms with Crippen molar-refractivity contribution in [1.82, 2.24) is 15.2 Å². The van der Waals surface area contributed by atoms with Crippen LogP contribution in [0.5, 0.6) is 5.75 Å². The Hall–Kier alpha value is -2.73. The first-order valence-corrected chi connectivity index (χ1v) is 7.82. The molecule has 0 saturated heterocycles. The normalized spacial score (nSPS) is 13.4. The van der Waals surface area contributed by atoms with Gasteiger partial charge in [-0.1, -0.05) is 6.07 Å². The first kappa shape index (κ1) is 16.1. The molecular weight excluding hydrogens is 306 g/mol. The number of ether oxygens (including phenoxy) is 1. The van der Waals surface area contributed by atoms with Crippen LogP contribution in [0.3, 0.4) is 0 Å². The molecule has 0 bridgehead atoms. The summed E-state index contributed by atoms with van der Waals surface area (Å²) in [5.41, 5.74) is 1.93. The molecule has 24 heavy (non-hydrogen) atoms. The highest BCUT2D eigenvalue weighted by Crippen LogP contribution is 2.21. The maximum Gasteiger partial charge on any atom is 0.247 e. The molecule has 2 aromatic heterocycles. The molecule has 0 radical (unpaired) electrons. The zero-order chi connectivity index (χ0) is 16.8. The highest BCUT2D eigenvalue weighted by Gasteiger charge is 2.16. The van der Waals surface area contributed by atoms with Crippen molar-refractivity contribution in [2.75, 3.05) is 0 Å². The number of aliphatic hydroxyl groups is 1. The summed E-state index contributed by atoms with van der Waals surface area (Å²) in [7, 11) is 0. The molecule has 6 nitrogen and oxygen atoms in total. The van der Waals surface area contributed by atoms with Crippen LogP contribution >= 0.6 is 0 Å².